The first-order valence-electron chi connectivity index (χ1n) is 8.94. The van der Waals surface area contributed by atoms with E-state index >= 15 is 0 Å². The van der Waals surface area contributed by atoms with Crippen molar-refractivity contribution < 1.29 is 17.9 Å². The molecule has 0 spiro atoms. The summed E-state index contributed by atoms with van der Waals surface area (Å²) in [4.78, 5) is 0.217. The van der Waals surface area contributed by atoms with E-state index in [-0.39, 0.29) is 10.9 Å². The van der Waals surface area contributed by atoms with Gasteiger partial charge < -0.3 is 9.47 Å². The second-order valence-electron chi connectivity index (χ2n) is 6.48. The number of nitrogens with zero attached hydrogens (tertiary/aromatic N) is 1. The highest BCUT2D eigenvalue weighted by Crippen LogP contribution is 2.32. The standard InChI is InChI=1S/C19H29NO4S/c1-16(2)20-13-9-7-5-4-6-8-10-14-24-18-15-17(23-3)11-12-19(18)25(20,21)22/h4,6,11-12,15-16H,5,7-10,13-14H2,1-3H3. The fourth-order valence-corrected chi connectivity index (χ4v) is 4.66. The Labute approximate surface area is 151 Å². The molecular formula is C19H29NO4S. The molecule has 0 fully saturated rings. The van der Waals surface area contributed by atoms with Crippen LogP contribution in [0.5, 0.6) is 11.5 Å². The average Bonchev–Trinajstić information content (AvgIpc) is 2.58. The summed E-state index contributed by atoms with van der Waals surface area (Å²) >= 11 is 0. The number of allylic oxidation sites excluding steroid dienone is 2. The van der Waals surface area contributed by atoms with Crippen LogP contribution in [0, 0.1) is 0 Å². The summed E-state index contributed by atoms with van der Waals surface area (Å²) in [5, 5.41) is 0. The second-order valence-corrected chi connectivity index (χ2v) is 8.34. The van der Waals surface area contributed by atoms with Crippen LogP contribution in [-0.4, -0.2) is 39.0 Å². The number of fused-ring (bicyclic) bond motifs is 1. The van der Waals surface area contributed by atoms with Crippen LogP contribution in [0.4, 0.5) is 0 Å². The van der Waals surface area contributed by atoms with Gasteiger partial charge in [0.2, 0.25) is 10.0 Å². The quantitative estimate of drug-likeness (QED) is 0.742. The third-order valence-corrected chi connectivity index (χ3v) is 6.37. The molecule has 1 aliphatic heterocycles. The minimum absolute atomic E-state index is 0.108. The third-order valence-electron chi connectivity index (χ3n) is 4.25. The second kappa shape index (κ2) is 9.25. The van der Waals surface area contributed by atoms with Gasteiger partial charge in [0.25, 0.3) is 0 Å². The lowest BCUT2D eigenvalue weighted by atomic mass is 10.2. The Bertz CT molecular complexity index is 683. The van der Waals surface area contributed by atoms with E-state index in [1.165, 1.54) is 0 Å². The van der Waals surface area contributed by atoms with Crippen molar-refractivity contribution in [2.75, 3.05) is 20.3 Å². The maximum atomic E-state index is 13.2. The molecule has 0 unspecified atom stereocenters. The Kier molecular flexibility index (Phi) is 7.32. The summed E-state index contributed by atoms with van der Waals surface area (Å²) in [5.41, 5.74) is 0. The zero-order chi connectivity index (χ0) is 18.3. The van der Waals surface area contributed by atoms with Crippen molar-refractivity contribution in [3.05, 3.63) is 30.4 Å². The highest BCUT2D eigenvalue weighted by molar-refractivity contribution is 7.89. The highest BCUT2D eigenvalue weighted by Gasteiger charge is 2.30. The first-order chi connectivity index (χ1) is 12.0. The van der Waals surface area contributed by atoms with E-state index in [1.54, 1.807) is 29.6 Å². The van der Waals surface area contributed by atoms with Crippen LogP contribution in [0.25, 0.3) is 0 Å². The van der Waals surface area contributed by atoms with Crippen molar-refractivity contribution in [3.63, 3.8) is 0 Å². The largest absolute Gasteiger partial charge is 0.497 e. The SMILES string of the molecule is COc1ccc2c(c1)OCCCC=CCCCCN(C(C)C)S2(=O)=O. The summed E-state index contributed by atoms with van der Waals surface area (Å²) in [7, 11) is -2.06. The van der Waals surface area contributed by atoms with E-state index in [9.17, 15) is 8.42 Å². The fraction of sp³-hybridized carbons (Fsp3) is 0.579. The van der Waals surface area contributed by atoms with Gasteiger partial charge in [0.05, 0.1) is 13.7 Å². The van der Waals surface area contributed by atoms with Crippen molar-refractivity contribution in [2.45, 2.75) is 56.9 Å². The number of ether oxygens (including phenoxy) is 2. The molecule has 25 heavy (non-hydrogen) atoms. The molecule has 6 heteroatoms. The molecule has 2 rings (SSSR count). The van der Waals surface area contributed by atoms with Crippen LogP contribution >= 0.6 is 0 Å². The predicted octanol–water partition coefficient (Wildman–Crippen LogP) is 3.99. The van der Waals surface area contributed by atoms with Gasteiger partial charge in [-0.25, -0.2) is 8.42 Å². The average molecular weight is 368 g/mol. The molecule has 1 aliphatic rings. The lowest BCUT2D eigenvalue weighted by Crippen LogP contribution is -2.37. The Hall–Kier alpha value is -1.53. The molecule has 0 N–H and O–H groups in total. The van der Waals surface area contributed by atoms with Crippen molar-refractivity contribution in [1.82, 2.24) is 4.31 Å². The van der Waals surface area contributed by atoms with Gasteiger partial charge >= 0.3 is 0 Å². The molecule has 5 nitrogen and oxygen atoms in total. The smallest absolute Gasteiger partial charge is 0.246 e. The molecule has 0 saturated heterocycles. The first-order valence-corrected chi connectivity index (χ1v) is 10.4. The van der Waals surface area contributed by atoms with Crippen molar-refractivity contribution in [2.24, 2.45) is 0 Å². The van der Waals surface area contributed by atoms with Crippen LogP contribution in [0.2, 0.25) is 0 Å². The Morgan fingerprint density at radius 1 is 1.12 bits per heavy atom. The molecule has 0 bridgehead atoms. The number of sulfonamides is 1. The van der Waals surface area contributed by atoms with E-state index in [1.807, 2.05) is 13.8 Å². The lowest BCUT2D eigenvalue weighted by molar-refractivity contribution is 0.297. The predicted molar refractivity (Wildman–Crippen MR) is 99.7 cm³/mol. The van der Waals surface area contributed by atoms with Crippen LogP contribution in [0.1, 0.15) is 46.0 Å². The van der Waals surface area contributed by atoms with Crippen molar-refractivity contribution in [1.29, 1.82) is 0 Å². The van der Waals surface area contributed by atoms with Crippen LogP contribution < -0.4 is 9.47 Å². The molecule has 0 atom stereocenters. The fourth-order valence-electron chi connectivity index (χ4n) is 2.87. The first kappa shape index (κ1) is 19.8. The minimum atomic E-state index is -3.62. The monoisotopic (exact) mass is 367 g/mol. The number of rotatable bonds is 2. The topological polar surface area (TPSA) is 55.8 Å². The molecule has 1 heterocycles. The minimum Gasteiger partial charge on any atom is -0.497 e. The van der Waals surface area contributed by atoms with Gasteiger partial charge in [-0.05, 0) is 58.1 Å². The Morgan fingerprint density at radius 2 is 1.84 bits per heavy atom. The zero-order valence-corrected chi connectivity index (χ0v) is 16.2. The highest BCUT2D eigenvalue weighted by atomic mass is 32.2. The zero-order valence-electron chi connectivity index (χ0n) is 15.4. The van der Waals surface area contributed by atoms with Gasteiger partial charge in [-0.15, -0.1) is 0 Å². The van der Waals surface area contributed by atoms with Gasteiger partial charge in [0.1, 0.15) is 16.4 Å². The molecular weight excluding hydrogens is 338 g/mol. The summed E-state index contributed by atoms with van der Waals surface area (Å²) < 4.78 is 39.1. The van der Waals surface area contributed by atoms with E-state index < -0.39 is 10.0 Å². The van der Waals surface area contributed by atoms with Crippen LogP contribution in [0.3, 0.4) is 0 Å². The van der Waals surface area contributed by atoms with Crippen LogP contribution in [-0.2, 0) is 10.0 Å². The van der Waals surface area contributed by atoms with Crippen molar-refractivity contribution >= 4 is 10.0 Å². The summed E-state index contributed by atoms with van der Waals surface area (Å²) in [6, 6.07) is 4.81. The molecule has 0 saturated carbocycles. The molecule has 1 aromatic carbocycles. The maximum Gasteiger partial charge on any atom is 0.246 e. The number of hydrogen-bond acceptors (Lipinski definition) is 4. The van der Waals surface area contributed by atoms with E-state index in [0.29, 0.717) is 24.7 Å². The van der Waals surface area contributed by atoms with Gasteiger partial charge in [0, 0.05) is 18.7 Å². The molecule has 1 aromatic rings. The maximum absolute atomic E-state index is 13.2. The summed E-state index contributed by atoms with van der Waals surface area (Å²) in [6.45, 7) is 4.80. The number of methoxy groups -OCH3 is 1. The van der Waals surface area contributed by atoms with Gasteiger partial charge in [-0.1, -0.05) is 12.2 Å². The molecule has 0 aromatic heterocycles. The molecule has 0 aliphatic carbocycles. The van der Waals surface area contributed by atoms with Gasteiger partial charge in [-0.2, -0.15) is 4.31 Å². The van der Waals surface area contributed by atoms with E-state index in [4.69, 9.17) is 9.47 Å². The molecule has 0 radical (unpaired) electrons. The Balaban J connectivity index is 2.42. The number of hydrogen-bond donors (Lipinski definition) is 0. The van der Waals surface area contributed by atoms with Gasteiger partial charge in [0.15, 0.2) is 0 Å². The van der Waals surface area contributed by atoms with Crippen molar-refractivity contribution in [3.8, 4) is 11.5 Å². The normalized spacial score (nSPS) is 19.7. The van der Waals surface area contributed by atoms with Gasteiger partial charge in [-0.3, -0.25) is 0 Å². The Morgan fingerprint density at radius 3 is 2.52 bits per heavy atom. The van der Waals surface area contributed by atoms with E-state index in [0.717, 1.165) is 32.1 Å². The third kappa shape index (κ3) is 5.22. The number of benzene rings is 1. The van der Waals surface area contributed by atoms with Crippen LogP contribution in [0.15, 0.2) is 35.2 Å². The molecule has 140 valence electrons. The summed E-state index contributed by atoms with van der Waals surface area (Å²) in [5.74, 6) is 0.956. The lowest BCUT2D eigenvalue weighted by Gasteiger charge is -2.27. The van der Waals surface area contributed by atoms with E-state index in [2.05, 4.69) is 12.2 Å². The summed E-state index contributed by atoms with van der Waals surface area (Å²) in [6.07, 6.45) is 8.96. The molecule has 0 amide bonds.